The normalized spacial score (nSPS) is 14.8. The van der Waals surface area contributed by atoms with Gasteiger partial charge in [0.15, 0.2) is 29.6 Å². The van der Waals surface area contributed by atoms with Crippen molar-refractivity contribution in [1.29, 1.82) is 0 Å². The van der Waals surface area contributed by atoms with Gasteiger partial charge in [0.1, 0.15) is 0 Å². The van der Waals surface area contributed by atoms with Gasteiger partial charge in [-0.15, -0.1) is 0 Å². The molecule has 0 aliphatic carbocycles. The zero-order valence-corrected chi connectivity index (χ0v) is 24.2. The summed E-state index contributed by atoms with van der Waals surface area (Å²) < 4.78 is 27.7. The molecule has 0 saturated carbocycles. The summed E-state index contributed by atoms with van der Waals surface area (Å²) in [5.74, 6) is 0.707. The van der Waals surface area contributed by atoms with Crippen LogP contribution in [-0.2, 0) is 14.3 Å². The van der Waals surface area contributed by atoms with Crippen LogP contribution in [0.25, 0.3) is 0 Å². The van der Waals surface area contributed by atoms with Gasteiger partial charge in [0.05, 0.1) is 49.3 Å². The first-order chi connectivity index (χ1) is 18.7. The standard InChI is InChI=1S/C26H29IN4O8/c1-6-38-20-10-15(9-17(27)24(20)36-4)12-28-31-21(32)13-39-18-8-7-16(11-19(18)35-3)23-22(25(33)37-5)14(2)29-26(34)30-23/h7-12,23H,6,13H2,1-5H3,(H,31,32)(H2,29,30,34)/b28-12-/t23-/m0/s1. The summed E-state index contributed by atoms with van der Waals surface area (Å²) in [6.07, 6.45) is 1.49. The second-order valence-electron chi connectivity index (χ2n) is 8.02. The Labute approximate surface area is 239 Å². The molecule has 3 amide bonds. The lowest BCUT2D eigenvalue weighted by molar-refractivity contribution is -0.136. The summed E-state index contributed by atoms with van der Waals surface area (Å²) in [5, 5.41) is 9.26. The molecule has 1 aliphatic rings. The number of hydrogen-bond donors (Lipinski definition) is 3. The summed E-state index contributed by atoms with van der Waals surface area (Å²) in [5.41, 5.74) is 4.32. The van der Waals surface area contributed by atoms with E-state index in [-0.39, 0.29) is 17.9 Å². The molecule has 0 radical (unpaired) electrons. The molecule has 1 atom stereocenters. The van der Waals surface area contributed by atoms with Crippen LogP contribution in [0, 0.1) is 3.57 Å². The minimum absolute atomic E-state index is 0.255. The third kappa shape index (κ3) is 7.31. The highest BCUT2D eigenvalue weighted by atomic mass is 127. The third-order valence-electron chi connectivity index (χ3n) is 5.49. The Morgan fingerprint density at radius 1 is 1.08 bits per heavy atom. The maximum Gasteiger partial charge on any atom is 0.337 e. The van der Waals surface area contributed by atoms with Gasteiger partial charge in [-0.05, 0) is 71.8 Å². The average molecular weight is 652 g/mol. The highest BCUT2D eigenvalue weighted by Gasteiger charge is 2.32. The number of nitrogens with one attached hydrogen (secondary N) is 3. The average Bonchev–Trinajstić information content (AvgIpc) is 2.91. The molecule has 13 heteroatoms. The fourth-order valence-electron chi connectivity index (χ4n) is 3.79. The minimum atomic E-state index is -0.768. The molecule has 0 spiro atoms. The molecule has 39 heavy (non-hydrogen) atoms. The molecule has 3 N–H and O–H groups in total. The van der Waals surface area contributed by atoms with Gasteiger partial charge in [-0.25, -0.2) is 15.0 Å². The molecular weight excluding hydrogens is 623 g/mol. The summed E-state index contributed by atoms with van der Waals surface area (Å²) in [4.78, 5) is 36.7. The second kappa shape index (κ2) is 13.7. The van der Waals surface area contributed by atoms with Crippen LogP contribution in [-0.4, -0.2) is 58.7 Å². The van der Waals surface area contributed by atoms with E-state index in [2.05, 4.69) is 43.8 Å². The van der Waals surface area contributed by atoms with Gasteiger partial charge >= 0.3 is 12.0 Å². The summed E-state index contributed by atoms with van der Waals surface area (Å²) in [7, 11) is 4.27. The lowest BCUT2D eigenvalue weighted by atomic mass is 9.95. The fraction of sp³-hybridized carbons (Fsp3) is 0.308. The third-order valence-corrected chi connectivity index (χ3v) is 6.29. The smallest absolute Gasteiger partial charge is 0.337 e. The van der Waals surface area contributed by atoms with E-state index >= 15 is 0 Å². The maximum absolute atomic E-state index is 12.3. The van der Waals surface area contributed by atoms with Gasteiger partial charge in [-0.2, -0.15) is 5.10 Å². The van der Waals surface area contributed by atoms with Crippen LogP contribution in [0.3, 0.4) is 0 Å². The minimum Gasteiger partial charge on any atom is -0.493 e. The van der Waals surface area contributed by atoms with E-state index in [4.69, 9.17) is 23.7 Å². The van der Waals surface area contributed by atoms with Gasteiger partial charge in [-0.1, -0.05) is 6.07 Å². The quantitative estimate of drug-likeness (QED) is 0.145. The molecule has 0 saturated heterocycles. The predicted molar refractivity (Wildman–Crippen MR) is 150 cm³/mol. The largest absolute Gasteiger partial charge is 0.493 e. The summed E-state index contributed by atoms with van der Waals surface area (Å²) in [6, 6.07) is 7.22. The van der Waals surface area contributed by atoms with Crippen LogP contribution in [0.4, 0.5) is 4.79 Å². The van der Waals surface area contributed by atoms with Gasteiger partial charge in [-0.3, -0.25) is 4.79 Å². The number of nitrogens with zero attached hydrogens (tertiary/aromatic N) is 1. The molecule has 0 bridgehead atoms. The number of hydrazone groups is 1. The number of amides is 3. The Morgan fingerprint density at radius 2 is 1.85 bits per heavy atom. The van der Waals surface area contributed by atoms with Crippen molar-refractivity contribution in [3.63, 3.8) is 0 Å². The second-order valence-corrected chi connectivity index (χ2v) is 9.18. The number of halogens is 1. The number of carbonyl (C=O) groups is 3. The number of ether oxygens (including phenoxy) is 5. The molecule has 208 valence electrons. The molecule has 1 heterocycles. The van der Waals surface area contributed by atoms with Gasteiger partial charge in [0.25, 0.3) is 5.91 Å². The Kier molecular flexibility index (Phi) is 10.4. The summed E-state index contributed by atoms with van der Waals surface area (Å²) >= 11 is 2.13. The molecule has 1 aliphatic heterocycles. The van der Waals surface area contributed by atoms with E-state index in [9.17, 15) is 14.4 Å². The lowest BCUT2D eigenvalue weighted by Gasteiger charge is -2.28. The molecule has 0 aromatic heterocycles. The van der Waals surface area contributed by atoms with Gasteiger partial charge in [0.2, 0.25) is 0 Å². The van der Waals surface area contributed by atoms with E-state index in [1.807, 2.05) is 13.0 Å². The van der Waals surface area contributed by atoms with E-state index in [1.54, 1.807) is 38.3 Å². The van der Waals surface area contributed by atoms with Crippen molar-refractivity contribution >= 4 is 46.7 Å². The number of allylic oxidation sites excluding steroid dienone is 1. The van der Waals surface area contributed by atoms with Crippen LogP contribution in [0.15, 0.2) is 46.7 Å². The zero-order chi connectivity index (χ0) is 28.5. The van der Waals surface area contributed by atoms with Gasteiger partial charge < -0.3 is 34.3 Å². The molecule has 12 nitrogen and oxygen atoms in total. The first-order valence-electron chi connectivity index (χ1n) is 11.7. The van der Waals surface area contributed by atoms with E-state index in [0.717, 1.165) is 3.57 Å². The topological polar surface area (TPSA) is 146 Å². The van der Waals surface area contributed by atoms with Crippen molar-refractivity contribution in [1.82, 2.24) is 16.1 Å². The molecule has 0 unspecified atom stereocenters. The molecule has 2 aromatic rings. The highest BCUT2D eigenvalue weighted by molar-refractivity contribution is 14.1. The molecule has 2 aromatic carbocycles. The van der Waals surface area contributed by atoms with E-state index in [1.165, 1.54) is 20.4 Å². The van der Waals surface area contributed by atoms with Crippen LogP contribution in [0.5, 0.6) is 23.0 Å². The van der Waals surface area contributed by atoms with Crippen LogP contribution in [0.2, 0.25) is 0 Å². The van der Waals surface area contributed by atoms with Crippen molar-refractivity contribution in [2.24, 2.45) is 5.10 Å². The number of methoxy groups -OCH3 is 3. The van der Waals surface area contributed by atoms with Crippen LogP contribution >= 0.6 is 22.6 Å². The number of benzene rings is 2. The van der Waals surface area contributed by atoms with Gasteiger partial charge in [0, 0.05) is 5.70 Å². The SMILES string of the molecule is CCOc1cc(/C=N\NC(=O)COc2ccc([C@@H]3NC(=O)NC(C)=C3C(=O)OC)cc2OC)cc(I)c1OC. The monoisotopic (exact) mass is 652 g/mol. The van der Waals surface area contributed by atoms with E-state index < -0.39 is 23.9 Å². The maximum atomic E-state index is 12.3. The first kappa shape index (κ1) is 29.5. The molecule has 3 rings (SSSR count). The fourth-order valence-corrected chi connectivity index (χ4v) is 4.63. The summed E-state index contributed by atoms with van der Waals surface area (Å²) in [6.45, 7) is 3.62. The van der Waals surface area contributed by atoms with Crippen LogP contribution in [0.1, 0.15) is 31.0 Å². The first-order valence-corrected chi connectivity index (χ1v) is 12.8. The Morgan fingerprint density at radius 3 is 2.51 bits per heavy atom. The molecular formula is C26H29IN4O8. The van der Waals surface area contributed by atoms with Crippen molar-refractivity contribution in [2.75, 3.05) is 34.5 Å². The number of esters is 1. The highest BCUT2D eigenvalue weighted by Crippen LogP contribution is 2.35. The Hall–Kier alpha value is -4.01. The van der Waals surface area contributed by atoms with Crippen LogP contribution < -0.4 is 35.0 Å². The molecule has 0 fully saturated rings. The Bertz CT molecular complexity index is 1310. The van der Waals surface area contributed by atoms with Crippen molar-refractivity contribution < 1.29 is 38.1 Å². The lowest BCUT2D eigenvalue weighted by Crippen LogP contribution is -2.45. The number of rotatable bonds is 11. The Balaban J connectivity index is 1.68. The van der Waals surface area contributed by atoms with Crippen molar-refractivity contribution in [3.05, 3.63) is 56.3 Å². The predicted octanol–water partition coefficient (Wildman–Crippen LogP) is 3.04. The number of hydrogen-bond acceptors (Lipinski definition) is 9. The van der Waals surface area contributed by atoms with E-state index in [0.29, 0.717) is 40.7 Å². The van der Waals surface area contributed by atoms with Crippen molar-refractivity contribution in [2.45, 2.75) is 19.9 Å². The zero-order valence-electron chi connectivity index (χ0n) is 22.0. The number of urea groups is 1. The number of carbonyl (C=O) groups excluding carboxylic acids is 3. The van der Waals surface area contributed by atoms with Crippen molar-refractivity contribution in [3.8, 4) is 23.0 Å².